The van der Waals surface area contributed by atoms with E-state index in [4.69, 9.17) is 11.0 Å². The van der Waals surface area contributed by atoms with Crippen molar-refractivity contribution < 1.29 is 9.59 Å². The lowest BCUT2D eigenvalue weighted by Crippen LogP contribution is -2.31. The van der Waals surface area contributed by atoms with E-state index in [9.17, 15) is 9.59 Å². The van der Waals surface area contributed by atoms with Crippen molar-refractivity contribution in [2.24, 2.45) is 10.7 Å². The molecule has 1 aliphatic carbocycles. The lowest BCUT2D eigenvalue weighted by molar-refractivity contribution is -0.132. The van der Waals surface area contributed by atoms with Gasteiger partial charge in [0.05, 0.1) is 12.2 Å². The van der Waals surface area contributed by atoms with Crippen LogP contribution in [0.3, 0.4) is 0 Å². The molecule has 1 fully saturated rings. The van der Waals surface area contributed by atoms with Crippen LogP contribution in [0.25, 0.3) is 6.08 Å². The number of allylic oxidation sites excluding steroid dienone is 1. The molecule has 2 aromatic carbocycles. The summed E-state index contributed by atoms with van der Waals surface area (Å²) in [5, 5.41) is 13.8. The van der Waals surface area contributed by atoms with Gasteiger partial charge in [0.2, 0.25) is 11.9 Å². The van der Waals surface area contributed by atoms with Gasteiger partial charge in [-0.05, 0) is 69.0 Å². The van der Waals surface area contributed by atoms with E-state index >= 15 is 0 Å². The lowest BCUT2D eigenvalue weighted by Gasteiger charge is -2.16. The number of rotatable bonds is 5. The van der Waals surface area contributed by atoms with Crippen LogP contribution >= 0.6 is 0 Å². The highest BCUT2D eigenvalue weighted by Crippen LogP contribution is 2.28. The fraction of sp³-hybridized carbons (Fsp3) is 0.394. The molecule has 0 unspecified atom stereocenters. The number of carbonyl (C=O) groups is 2. The predicted molar refractivity (Wildman–Crippen MR) is 170 cm³/mol. The summed E-state index contributed by atoms with van der Waals surface area (Å²) in [6, 6.07) is 14.4. The number of nitrogens with one attached hydrogen (secondary N) is 2. The summed E-state index contributed by atoms with van der Waals surface area (Å²) in [6.45, 7) is 10.2. The number of fused-ring (bicyclic) bond motifs is 1. The number of likely N-dealkylation sites (tertiary alicyclic amines) is 1. The first-order valence-corrected chi connectivity index (χ1v) is 13.9. The van der Waals surface area contributed by atoms with Crippen LogP contribution in [0, 0.1) is 31.2 Å². The number of hydrogen-bond acceptors (Lipinski definition) is 5. The van der Waals surface area contributed by atoms with Crippen LogP contribution in [0.5, 0.6) is 0 Å². The number of amides is 1. The third kappa shape index (κ3) is 15.1. The highest BCUT2D eigenvalue weighted by molar-refractivity contribution is 5.82. The first-order chi connectivity index (χ1) is 19.9. The maximum Gasteiger partial charge on any atom is 0.222 e. The van der Waals surface area contributed by atoms with E-state index in [1.807, 2.05) is 39.1 Å². The normalized spacial score (nSPS) is 13.3. The highest BCUT2D eigenvalue weighted by Gasteiger charge is 2.15. The summed E-state index contributed by atoms with van der Waals surface area (Å²) in [4.78, 5) is 27.0. The Labute approximate surface area is 246 Å². The van der Waals surface area contributed by atoms with Crippen LogP contribution in [0.2, 0.25) is 0 Å². The molecule has 0 radical (unpaired) electrons. The molecule has 1 saturated heterocycles. The van der Waals surface area contributed by atoms with E-state index in [0.717, 1.165) is 50.7 Å². The number of aryl methyl sites for hydroxylation is 1. The third-order valence-corrected chi connectivity index (χ3v) is 5.86. The van der Waals surface area contributed by atoms with Crippen molar-refractivity contribution in [3.8, 4) is 19.0 Å². The van der Waals surface area contributed by atoms with Crippen LogP contribution in [-0.2, 0) is 22.6 Å². The zero-order chi connectivity index (χ0) is 31.0. The Morgan fingerprint density at radius 3 is 2.51 bits per heavy atom. The molecular weight excluding hydrogens is 512 g/mol. The fourth-order valence-corrected chi connectivity index (χ4v) is 4.14. The van der Waals surface area contributed by atoms with E-state index in [-0.39, 0.29) is 18.4 Å². The highest BCUT2D eigenvalue weighted by atomic mass is 16.2. The lowest BCUT2D eigenvalue weighted by atomic mass is 10.1. The maximum absolute atomic E-state index is 11.2. The number of guanidine groups is 1. The second kappa shape index (κ2) is 22.4. The topological polar surface area (TPSA) is 124 Å². The Balaban J connectivity index is 0.000000568. The summed E-state index contributed by atoms with van der Waals surface area (Å²) in [7, 11) is 1.96. The number of hydrogen-bond donors (Lipinski definition) is 3. The summed E-state index contributed by atoms with van der Waals surface area (Å²) < 4.78 is 0. The summed E-state index contributed by atoms with van der Waals surface area (Å²) in [5.74, 6) is 0.246. The fourth-order valence-electron chi connectivity index (χ4n) is 4.14. The average molecular weight is 559 g/mol. The molecule has 0 saturated carbocycles. The van der Waals surface area contributed by atoms with Crippen molar-refractivity contribution in [3.05, 3.63) is 70.3 Å². The van der Waals surface area contributed by atoms with Crippen LogP contribution < -0.4 is 16.4 Å². The standard InChI is InChI=1S/C12H12N4.C9H13N.C8H13NO2.C2H6.C2H2/c1-8-4-9-2-3-11(6-10(9)5-8)16-12(14)15-7-13;1-8-4-3-5-9(6-8)7-10-2;10-7-6-9-5-3-1-2-4-8(9)11;2*1-2/h2-3,5-6H,4H2,1H3,(H3,14,15,16);3-6,10H,7H2,1-2H3;7H,1-6H2;1-2H3;1-2H. The predicted octanol–water partition coefficient (Wildman–Crippen LogP) is 5.24. The monoisotopic (exact) mass is 558 g/mol. The van der Waals surface area contributed by atoms with Crippen LogP contribution in [0.4, 0.5) is 5.69 Å². The molecule has 4 N–H and O–H groups in total. The molecule has 1 heterocycles. The number of aldehydes is 1. The molecule has 220 valence electrons. The molecule has 0 spiro atoms. The molecule has 8 heteroatoms. The Morgan fingerprint density at radius 1 is 1.15 bits per heavy atom. The maximum atomic E-state index is 11.2. The molecule has 8 nitrogen and oxygen atoms in total. The van der Waals surface area contributed by atoms with Gasteiger partial charge in [-0.25, -0.2) is 4.99 Å². The van der Waals surface area contributed by atoms with Gasteiger partial charge in [0.25, 0.3) is 0 Å². The first kappa shape index (κ1) is 36.6. The Hall–Kier alpha value is -4.40. The third-order valence-electron chi connectivity index (χ3n) is 5.86. The Bertz CT molecular complexity index is 1190. The van der Waals surface area contributed by atoms with E-state index in [1.54, 1.807) is 11.1 Å². The molecule has 4 rings (SSSR count). The number of terminal acetylenes is 1. The van der Waals surface area contributed by atoms with Crippen molar-refractivity contribution in [2.45, 2.75) is 66.3 Å². The average Bonchev–Trinajstić information content (AvgIpc) is 3.22. The quantitative estimate of drug-likeness (QED) is 0.115. The molecule has 2 aliphatic rings. The number of nitrogens with zero attached hydrogens (tertiary/aromatic N) is 3. The minimum atomic E-state index is 0.112. The van der Waals surface area contributed by atoms with Gasteiger partial charge in [-0.1, -0.05) is 67.8 Å². The van der Waals surface area contributed by atoms with Crippen LogP contribution in [-0.4, -0.2) is 43.2 Å². The van der Waals surface area contributed by atoms with Gasteiger partial charge < -0.3 is 20.7 Å². The number of carbonyl (C=O) groups excluding carboxylic acids is 2. The van der Waals surface area contributed by atoms with Crippen LogP contribution in [0.1, 0.15) is 68.7 Å². The van der Waals surface area contributed by atoms with E-state index in [1.165, 1.54) is 27.8 Å². The number of nitriles is 1. The Kier molecular flexibility index (Phi) is 20.0. The van der Waals surface area contributed by atoms with Gasteiger partial charge in [0.15, 0.2) is 6.19 Å². The molecule has 2 aromatic rings. The van der Waals surface area contributed by atoms with E-state index in [2.05, 4.69) is 72.7 Å². The van der Waals surface area contributed by atoms with Crippen molar-refractivity contribution in [2.75, 3.05) is 20.1 Å². The summed E-state index contributed by atoms with van der Waals surface area (Å²) in [6.07, 6.45) is 17.4. The summed E-state index contributed by atoms with van der Waals surface area (Å²) in [5.41, 5.74) is 12.8. The number of benzene rings is 2. The van der Waals surface area contributed by atoms with Gasteiger partial charge in [-0.3, -0.25) is 10.1 Å². The zero-order valence-electron chi connectivity index (χ0n) is 25.2. The minimum Gasteiger partial charge on any atom is -0.369 e. The van der Waals surface area contributed by atoms with E-state index in [0.29, 0.717) is 6.42 Å². The number of nitrogens with two attached hydrogens (primary N) is 1. The van der Waals surface area contributed by atoms with Gasteiger partial charge in [0, 0.05) is 19.5 Å². The molecule has 1 amide bonds. The van der Waals surface area contributed by atoms with E-state index < -0.39 is 0 Å². The van der Waals surface area contributed by atoms with Gasteiger partial charge in [-0.2, -0.15) is 5.26 Å². The van der Waals surface area contributed by atoms with Crippen molar-refractivity contribution in [1.82, 2.24) is 15.5 Å². The molecule has 0 aromatic heterocycles. The Morgan fingerprint density at radius 2 is 1.88 bits per heavy atom. The van der Waals surface area contributed by atoms with Gasteiger partial charge in [-0.15, -0.1) is 12.8 Å². The van der Waals surface area contributed by atoms with Crippen LogP contribution in [0.15, 0.2) is 53.0 Å². The van der Waals surface area contributed by atoms with Crippen molar-refractivity contribution in [1.29, 1.82) is 5.26 Å². The van der Waals surface area contributed by atoms with Crippen molar-refractivity contribution >= 4 is 29.9 Å². The van der Waals surface area contributed by atoms with Crippen molar-refractivity contribution in [3.63, 3.8) is 0 Å². The SMILES string of the molecule is C#C.CC.CC1=Cc2cc(N=C(N)NC#N)ccc2C1.CNCc1cccc(C)c1.O=CCN1CCCCCC1=O. The van der Waals surface area contributed by atoms with Gasteiger partial charge >= 0.3 is 0 Å². The largest absolute Gasteiger partial charge is 0.369 e. The smallest absolute Gasteiger partial charge is 0.222 e. The second-order valence-corrected chi connectivity index (χ2v) is 9.12. The molecule has 41 heavy (non-hydrogen) atoms. The first-order valence-electron chi connectivity index (χ1n) is 13.9. The summed E-state index contributed by atoms with van der Waals surface area (Å²) >= 11 is 0. The molecule has 1 aliphatic heterocycles. The second-order valence-electron chi connectivity index (χ2n) is 9.12. The zero-order valence-corrected chi connectivity index (χ0v) is 25.2. The molecule has 0 atom stereocenters. The minimum absolute atomic E-state index is 0.112. The molecule has 0 bridgehead atoms. The molecular formula is C33H46N6O2. The number of aliphatic imine (C=N–C) groups is 1. The van der Waals surface area contributed by atoms with Gasteiger partial charge in [0.1, 0.15) is 6.29 Å².